The molecule has 0 saturated carbocycles. The maximum Gasteiger partial charge on any atom is 0.491 e. The Morgan fingerprint density at radius 3 is 2.46 bits per heavy atom. The third-order valence-electron chi connectivity index (χ3n) is 4.12. The van der Waals surface area contributed by atoms with E-state index in [-0.39, 0.29) is 11.3 Å². The molecule has 1 amide bonds. The molecule has 138 valence electrons. The van der Waals surface area contributed by atoms with Gasteiger partial charge in [0.05, 0.1) is 6.54 Å². The lowest BCUT2D eigenvalue weighted by atomic mass is 9.78. The largest absolute Gasteiger partial charge is 0.491 e. The Labute approximate surface area is 143 Å². The van der Waals surface area contributed by atoms with Crippen molar-refractivity contribution in [3.05, 3.63) is 35.6 Å². The number of likely N-dealkylation sites (tertiary alicyclic amines) is 1. The van der Waals surface area contributed by atoms with Gasteiger partial charge < -0.3 is 24.6 Å². The van der Waals surface area contributed by atoms with Crippen molar-refractivity contribution in [1.82, 2.24) is 10.1 Å². The number of aromatic nitrogens is 1. The van der Waals surface area contributed by atoms with E-state index in [1.165, 1.54) is 0 Å². The van der Waals surface area contributed by atoms with Crippen molar-refractivity contribution in [1.29, 1.82) is 0 Å². The maximum atomic E-state index is 14.1. The summed E-state index contributed by atoms with van der Waals surface area (Å²) >= 11 is 0. The number of halogens is 4. The summed E-state index contributed by atoms with van der Waals surface area (Å²) in [7, 11) is -1.27. The van der Waals surface area contributed by atoms with Crippen LogP contribution in [0.4, 0.5) is 17.6 Å². The number of hydrogen-bond acceptors (Lipinski definition) is 6. The number of benzene rings is 1. The van der Waals surface area contributed by atoms with Gasteiger partial charge in [-0.3, -0.25) is 4.79 Å². The number of amides is 1. The molecule has 2 aromatic rings. The minimum Gasteiger partial charge on any atom is -0.423 e. The van der Waals surface area contributed by atoms with E-state index in [9.17, 15) is 27.5 Å². The van der Waals surface area contributed by atoms with Gasteiger partial charge in [-0.2, -0.15) is 0 Å². The third-order valence-corrected chi connectivity index (χ3v) is 4.12. The number of alkyl halides is 2. The molecule has 1 fully saturated rings. The highest BCUT2D eigenvalue weighted by Crippen LogP contribution is 2.45. The smallest absolute Gasteiger partial charge is 0.423 e. The Hall–Kier alpha value is -2.44. The van der Waals surface area contributed by atoms with Crippen molar-refractivity contribution < 1.29 is 42.0 Å². The van der Waals surface area contributed by atoms with E-state index < -0.39 is 54.0 Å². The average Bonchev–Trinajstić information content (AvgIpc) is 3.09. The van der Waals surface area contributed by atoms with Gasteiger partial charge in [-0.05, 0) is 12.1 Å². The normalized spacial score (nSPS) is 22.2. The zero-order valence-electron chi connectivity index (χ0n) is 13.1. The number of carbonyl (C=O) groups excluding carboxylic acids is 1. The van der Waals surface area contributed by atoms with Gasteiger partial charge in [0.2, 0.25) is 0 Å². The lowest BCUT2D eigenvalue weighted by Gasteiger charge is -2.22. The average molecular weight is 374 g/mol. The molecular weight excluding hydrogens is 363 g/mol. The second kappa shape index (κ2) is 5.79. The van der Waals surface area contributed by atoms with E-state index in [0.29, 0.717) is 11.0 Å². The van der Waals surface area contributed by atoms with Crippen LogP contribution >= 0.6 is 0 Å². The molecule has 0 unspecified atom stereocenters. The highest BCUT2D eigenvalue weighted by molar-refractivity contribution is 6.58. The Morgan fingerprint density at radius 1 is 1.27 bits per heavy atom. The molecule has 0 aliphatic carbocycles. The SMILES string of the molecule is CN1CC(F)(F)[C@@](O)(c2cc(-c3cc(F)c(F)c(B(O)O)c3)no2)C1=O. The van der Waals surface area contributed by atoms with Crippen molar-refractivity contribution in [2.24, 2.45) is 0 Å². The summed E-state index contributed by atoms with van der Waals surface area (Å²) in [6.45, 7) is -1.05. The summed E-state index contributed by atoms with van der Waals surface area (Å²) in [5.74, 6) is -9.04. The highest BCUT2D eigenvalue weighted by Gasteiger charge is 2.68. The molecule has 0 spiro atoms. The first-order valence-electron chi connectivity index (χ1n) is 7.17. The molecule has 1 aromatic heterocycles. The summed E-state index contributed by atoms with van der Waals surface area (Å²) in [6, 6.07) is 2.20. The van der Waals surface area contributed by atoms with Gasteiger partial charge in [0.25, 0.3) is 11.5 Å². The van der Waals surface area contributed by atoms with Crippen LogP contribution in [0.15, 0.2) is 22.7 Å². The summed E-state index contributed by atoms with van der Waals surface area (Å²) in [6.07, 6.45) is 0. The van der Waals surface area contributed by atoms with Gasteiger partial charge in [-0.15, -0.1) is 0 Å². The molecular formula is C14H11BF4N2O5. The van der Waals surface area contributed by atoms with Crippen LogP contribution in [0.1, 0.15) is 5.76 Å². The molecule has 1 aliphatic rings. The fourth-order valence-corrected chi connectivity index (χ4v) is 2.73. The van der Waals surface area contributed by atoms with Crippen LogP contribution in [0.3, 0.4) is 0 Å². The first-order valence-corrected chi connectivity index (χ1v) is 7.17. The first kappa shape index (κ1) is 18.4. The van der Waals surface area contributed by atoms with Gasteiger partial charge in [0, 0.05) is 24.1 Å². The van der Waals surface area contributed by atoms with Crippen LogP contribution in [0, 0.1) is 11.6 Å². The summed E-state index contributed by atoms with van der Waals surface area (Å²) in [5.41, 5.74) is -4.68. The standard InChI is InChI=1S/C14H11BF4N2O5/c1-21-5-13(18,19)14(23,12(21)22)10-4-9(20-26-10)6-2-7(15(24)25)11(17)8(16)3-6/h2-4,23-25H,5H2,1H3/t14-/m1/s1. The van der Waals surface area contributed by atoms with Crippen molar-refractivity contribution in [3.63, 3.8) is 0 Å². The second-order valence-electron chi connectivity index (χ2n) is 5.89. The van der Waals surface area contributed by atoms with Crippen molar-refractivity contribution >= 4 is 18.5 Å². The van der Waals surface area contributed by atoms with Gasteiger partial charge >= 0.3 is 13.0 Å². The molecule has 1 aliphatic heterocycles. The molecule has 7 nitrogen and oxygen atoms in total. The lowest BCUT2D eigenvalue weighted by molar-refractivity contribution is -0.179. The molecule has 2 heterocycles. The lowest BCUT2D eigenvalue weighted by Crippen LogP contribution is -2.46. The van der Waals surface area contributed by atoms with Crippen LogP contribution in [-0.2, 0) is 10.4 Å². The van der Waals surface area contributed by atoms with Crippen LogP contribution < -0.4 is 5.46 Å². The van der Waals surface area contributed by atoms with E-state index in [0.717, 1.165) is 19.2 Å². The predicted octanol–water partition coefficient (Wildman–Crippen LogP) is -0.405. The topological polar surface area (TPSA) is 107 Å². The summed E-state index contributed by atoms with van der Waals surface area (Å²) in [5, 5.41) is 31.8. The monoisotopic (exact) mass is 374 g/mol. The minimum atomic E-state index is -3.88. The van der Waals surface area contributed by atoms with Crippen molar-refractivity contribution in [2.45, 2.75) is 11.5 Å². The summed E-state index contributed by atoms with van der Waals surface area (Å²) in [4.78, 5) is 12.6. The number of carbonyl (C=O) groups is 1. The predicted molar refractivity (Wildman–Crippen MR) is 78.2 cm³/mol. The van der Waals surface area contributed by atoms with E-state index in [4.69, 9.17) is 10.0 Å². The molecule has 3 N–H and O–H groups in total. The van der Waals surface area contributed by atoms with Crippen LogP contribution in [0.2, 0.25) is 0 Å². The molecule has 3 rings (SSSR count). The zero-order valence-corrected chi connectivity index (χ0v) is 13.1. The Morgan fingerprint density at radius 2 is 1.92 bits per heavy atom. The third kappa shape index (κ3) is 2.49. The Balaban J connectivity index is 2.08. The van der Waals surface area contributed by atoms with Crippen LogP contribution in [-0.4, -0.2) is 57.8 Å². The fourth-order valence-electron chi connectivity index (χ4n) is 2.73. The van der Waals surface area contributed by atoms with Crippen molar-refractivity contribution in [3.8, 4) is 11.3 Å². The quantitative estimate of drug-likeness (QED) is 0.499. The Kier molecular flexibility index (Phi) is 4.09. The number of nitrogens with zero attached hydrogens (tertiary/aromatic N) is 2. The minimum absolute atomic E-state index is 0.243. The molecule has 1 atom stereocenters. The molecule has 0 bridgehead atoms. The molecule has 1 aromatic carbocycles. The summed E-state index contributed by atoms with van der Waals surface area (Å²) < 4.78 is 60.0. The van der Waals surface area contributed by atoms with E-state index in [1.807, 2.05) is 0 Å². The Bertz CT molecular complexity index is 890. The fraction of sp³-hybridized carbons (Fsp3) is 0.286. The van der Waals surface area contributed by atoms with E-state index >= 15 is 0 Å². The van der Waals surface area contributed by atoms with E-state index in [2.05, 4.69) is 9.68 Å². The van der Waals surface area contributed by atoms with Crippen LogP contribution in [0.5, 0.6) is 0 Å². The zero-order chi connectivity index (χ0) is 19.4. The molecule has 0 radical (unpaired) electrons. The van der Waals surface area contributed by atoms with Gasteiger partial charge in [0.15, 0.2) is 17.4 Å². The van der Waals surface area contributed by atoms with Gasteiger partial charge in [-0.25, -0.2) is 17.6 Å². The van der Waals surface area contributed by atoms with Gasteiger partial charge in [-0.1, -0.05) is 5.16 Å². The van der Waals surface area contributed by atoms with Crippen molar-refractivity contribution in [2.75, 3.05) is 13.6 Å². The van der Waals surface area contributed by atoms with Crippen LogP contribution in [0.25, 0.3) is 11.3 Å². The molecule has 26 heavy (non-hydrogen) atoms. The first-order chi connectivity index (χ1) is 12.0. The molecule has 1 saturated heterocycles. The maximum absolute atomic E-state index is 14.1. The number of rotatable bonds is 3. The number of aliphatic hydroxyl groups is 1. The number of hydrogen-bond donors (Lipinski definition) is 3. The molecule has 12 heteroatoms. The highest BCUT2D eigenvalue weighted by atomic mass is 19.3. The second-order valence-corrected chi connectivity index (χ2v) is 5.89. The number of likely N-dealkylation sites (N-methyl/N-ethyl adjacent to an activating group) is 1. The van der Waals surface area contributed by atoms with E-state index in [1.54, 1.807) is 0 Å². The van der Waals surface area contributed by atoms with Gasteiger partial charge in [0.1, 0.15) is 5.69 Å².